The average Bonchev–Trinajstić information content (AvgIpc) is 3.56. The molecule has 0 atom stereocenters. The van der Waals surface area contributed by atoms with Gasteiger partial charge in [-0.05, 0) is 48.5 Å². The van der Waals surface area contributed by atoms with Gasteiger partial charge >= 0.3 is 12.4 Å². The first-order valence-electron chi connectivity index (χ1n) is 14.5. The lowest BCUT2D eigenvalue weighted by Crippen LogP contribution is -2.09. The van der Waals surface area contributed by atoms with Crippen LogP contribution in [0.2, 0.25) is 0 Å². The Kier molecular flexibility index (Phi) is 6.09. The Balaban J connectivity index is 1.53. The summed E-state index contributed by atoms with van der Waals surface area (Å²) in [6, 6.07) is 36.5. The van der Waals surface area contributed by atoms with Crippen molar-refractivity contribution in [3.05, 3.63) is 145 Å². The molecule has 2 aromatic heterocycles. The Labute approximate surface area is 258 Å². The fraction of sp³-hybridized carbons (Fsp3) is 0.0526. The van der Waals surface area contributed by atoms with E-state index in [4.69, 9.17) is 0 Å². The van der Waals surface area contributed by atoms with Crippen molar-refractivity contribution in [3.8, 4) is 22.5 Å². The third-order valence-corrected chi connectivity index (χ3v) is 8.58. The Hall–Kier alpha value is -5.50. The summed E-state index contributed by atoms with van der Waals surface area (Å²) in [6.07, 6.45) is -9.30. The monoisotopic (exact) mass is 620 g/mol. The summed E-state index contributed by atoms with van der Waals surface area (Å²) in [5, 5.41) is 3.38. The van der Waals surface area contributed by atoms with Gasteiger partial charge in [-0.3, -0.25) is 0 Å². The number of benzene rings is 6. The highest BCUT2D eigenvalue weighted by Crippen LogP contribution is 2.44. The fourth-order valence-electron chi connectivity index (χ4n) is 6.61. The standard InChI is InChI=1S/C38H22F6N2/c39-37(40,41)23-17-19-29(35(21-23)45-31-13-5-1-9-25(31)26-10-2-6-14-32(26)45)30-20-18-24(38(42,43)44)22-36(30)46-33-15-7-3-11-27(33)28-12-4-8-16-34(28)46/h1-22H. The lowest BCUT2D eigenvalue weighted by atomic mass is 9.97. The second-order valence-electron chi connectivity index (χ2n) is 11.2. The molecule has 0 fully saturated rings. The van der Waals surface area contributed by atoms with E-state index in [1.54, 1.807) is 9.13 Å². The van der Waals surface area contributed by atoms with E-state index >= 15 is 0 Å². The van der Waals surface area contributed by atoms with Crippen LogP contribution in [0.15, 0.2) is 133 Å². The van der Waals surface area contributed by atoms with E-state index in [1.165, 1.54) is 12.1 Å². The summed E-state index contributed by atoms with van der Waals surface area (Å²) in [6.45, 7) is 0. The predicted octanol–water partition coefficient (Wildman–Crippen LogP) is 11.6. The first-order chi connectivity index (χ1) is 22.1. The maximum Gasteiger partial charge on any atom is 0.416 e. The molecule has 226 valence electrons. The van der Waals surface area contributed by atoms with Crippen LogP contribution >= 0.6 is 0 Å². The molecular formula is C38H22F6N2. The quantitative estimate of drug-likeness (QED) is 0.174. The molecule has 0 spiro atoms. The van der Waals surface area contributed by atoms with Crippen LogP contribution in [0.3, 0.4) is 0 Å². The number of nitrogens with zero attached hydrogens (tertiary/aromatic N) is 2. The number of halogens is 6. The van der Waals surface area contributed by atoms with Crippen molar-refractivity contribution in [3.63, 3.8) is 0 Å². The third-order valence-electron chi connectivity index (χ3n) is 8.58. The zero-order valence-corrected chi connectivity index (χ0v) is 23.9. The Morgan fingerprint density at radius 2 is 0.630 bits per heavy atom. The molecule has 2 nitrogen and oxygen atoms in total. The van der Waals surface area contributed by atoms with Gasteiger partial charge < -0.3 is 9.13 Å². The summed E-state index contributed by atoms with van der Waals surface area (Å²) in [7, 11) is 0. The van der Waals surface area contributed by atoms with Crippen LogP contribution in [0.25, 0.3) is 66.1 Å². The van der Waals surface area contributed by atoms with Crippen LogP contribution in [0, 0.1) is 0 Å². The van der Waals surface area contributed by atoms with Gasteiger partial charge in [-0.15, -0.1) is 0 Å². The highest BCUT2D eigenvalue weighted by atomic mass is 19.4. The average molecular weight is 621 g/mol. The Morgan fingerprint density at radius 3 is 0.913 bits per heavy atom. The van der Waals surface area contributed by atoms with Gasteiger partial charge in [0.05, 0.1) is 44.6 Å². The Bertz CT molecular complexity index is 2180. The SMILES string of the molecule is FC(F)(F)c1ccc(-c2ccc(C(F)(F)F)cc2-n2c3ccccc3c3ccccc32)c(-n2c3ccccc3c3ccccc32)c1. The molecule has 8 rings (SSSR count). The van der Waals surface area contributed by atoms with E-state index in [9.17, 15) is 26.3 Å². The molecule has 0 aliphatic rings. The molecule has 2 heterocycles. The Morgan fingerprint density at radius 1 is 0.348 bits per heavy atom. The van der Waals surface area contributed by atoms with Crippen LogP contribution in [0.5, 0.6) is 0 Å². The molecule has 0 aliphatic heterocycles. The van der Waals surface area contributed by atoms with E-state index < -0.39 is 23.5 Å². The lowest BCUT2D eigenvalue weighted by Gasteiger charge is -2.21. The van der Waals surface area contributed by atoms with Crippen molar-refractivity contribution in [2.24, 2.45) is 0 Å². The second-order valence-corrected chi connectivity index (χ2v) is 11.2. The topological polar surface area (TPSA) is 9.86 Å². The zero-order chi connectivity index (χ0) is 31.8. The number of aromatic nitrogens is 2. The van der Waals surface area contributed by atoms with Gasteiger partial charge in [-0.2, -0.15) is 26.3 Å². The van der Waals surface area contributed by atoms with E-state index in [0.717, 1.165) is 45.8 Å². The number of hydrogen-bond acceptors (Lipinski definition) is 0. The van der Waals surface area contributed by atoms with Crippen LogP contribution in [0.4, 0.5) is 26.3 Å². The van der Waals surface area contributed by atoms with Crippen LogP contribution in [0.1, 0.15) is 11.1 Å². The minimum Gasteiger partial charge on any atom is -0.309 e. The molecule has 0 saturated carbocycles. The van der Waals surface area contributed by atoms with Crippen molar-refractivity contribution >= 4 is 43.6 Å². The summed E-state index contributed by atoms with van der Waals surface area (Å²) in [5.41, 5.74) is 2.09. The number of fused-ring (bicyclic) bond motifs is 6. The summed E-state index contributed by atoms with van der Waals surface area (Å²) >= 11 is 0. The van der Waals surface area contributed by atoms with Gasteiger partial charge in [0, 0.05) is 32.7 Å². The largest absolute Gasteiger partial charge is 0.416 e. The molecular weight excluding hydrogens is 598 g/mol. The fourth-order valence-corrected chi connectivity index (χ4v) is 6.61. The molecule has 0 N–H and O–H groups in total. The second kappa shape index (κ2) is 10.0. The van der Waals surface area contributed by atoms with Gasteiger partial charge in [0.1, 0.15) is 0 Å². The first-order valence-corrected chi connectivity index (χ1v) is 14.5. The highest BCUT2D eigenvalue weighted by molar-refractivity contribution is 6.11. The zero-order valence-electron chi connectivity index (χ0n) is 23.9. The van der Waals surface area contributed by atoms with Crippen molar-refractivity contribution < 1.29 is 26.3 Å². The van der Waals surface area contributed by atoms with Crippen LogP contribution in [-0.4, -0.2) is 9.13 Å². The van der Waals surface area contributed by atoms with E-state index in [0.29, 0.717) is 33.2 Å². The number of rotatable bonds is 3. The molecule has 0 bridgehead atoms. The van der Waals surface area contributed by atoms with Crippen molar-refractivity contribution in [1.82, 2.24) is 9.13 Å². The summed E-state index contributed by atoms with van der Waals surface area (Å²) < 4.78 is 89.1. The lowest BCUT2D eigenvalue weighted by molar-refractivity contribution is -0.138. The number of alkyl halides is 6. The van der Waals surface area contributed by atoms with E-state index in [2.05, 4.69) is 0 Å². The maximum absolute atomic E-state index is 14.3. The molecule has 0 aliphatic carbocycles. The van der Waals surface area contributed by atoms with Gasteiger partial charge in [0.25, 0.3) is 0 Å². The molecule has 0 unspecified atom stereocenters. The van der Waals surface area contributed by atoms with Crippen molar-refractivity contribution in [2.75, 3.05) is 0 Å². The smallest absolute Gasteiger partial charge is 0.309 e. The minimum atomic E-state index is -4.65. The highest BCUT2D eigenvalue weighted by Gasteiger charge is 2.34. The molecule has 0 saturated heterocycles. The third kappa shape index (κ3) is 4.28. The van der Waals surface area contributed by atoms with Crippen molar-refractivity contribution in [2.45, 2.75) is 12.4 Å². The minimum absolute atomic E-state index is 0.203. The van der Waals surface area contributed by atoms with Crippen LogP contribution in [-0.2, 0) is 12.4 Å². The normalized spacial score (nSPS) is 12.6. The van der Waals surface area contributed by atoms with Gasteiger partial charge in [-0.1, -0.05) is 84.9 Å². The van der Waals surface area contributed by atoms with E-state index in [-0.39, 0.29) is 11.4 Å². The summed E-state index contributed by atoms with van der Waals surface area (Å²) in [5.74, 6) is 0. The molecule has 0 radical (unpaired) electrons. The number of hydrogen-bond donors (Lipinski definition) is 0. The maximum atomic E-state index is 14.3. The van der Waals surface area contributed by atoms with Crippen molar-refractivity contribution in [1.29, 1.82) is 0 Å². The van der Waals surface area contributed by atoms with E-state index in [1.807, 2.05) is 97.1 Å². The molecule has 6 aromatic carbocycles. The molecule has 8 heteroatoms. The first kappa shape index (κ1) is 28.0. The number of para-hydroxylation sites is 4. The van der Waals surface area contributed by atoms with Gasteiger partial charge in [0.2, 0.25) is 0 Å². The summed E-state index contributed by atoms with van der Waals surface area (Å²) in [4.78, 5) is 0. The van der Waals surface area contributed by atoms with Gasteiger partial charge in [0.15, 0.2) is 0 Å². The van der Waals surface area contributed by atoms with Gasteiger partial charge in [-0.25, -0.2) is 0 Å². The predicted molar refractivity (Wildman–Crippen MR) is 171 cm³/mol. The molecule has 46 heavy (non-hydrogen) atoms. The molecule has 8 aromatic rings. The van der Waals surface area contributed by atoms with Crippen LogP contribution < -0.4 is 0 Å². The molecule has 0 amide bonds.